The highest BCUT2D eigenvalue weighted by atomic mass is 35.5. The third-order valence-electron chi connectivity index (χ3n) is 2.53. The molecule has 0 unspecified atom stereocenters. The van der Waals surface area contributed by atoms with Crippen molar-refractivity contribution in [2.75, 3.05) is 11.1 Å². The number of phenols is 1. The Bertz CT molecular complexity index is 627. The van der Waals surface area contributed by atoms with E-state index in [9.17, 15) is 23.1 Å². The summed E-state index contributed by atoms with van der Waals surface area (Å²) in [6.07, 6.45) is -0.284. The lowest BCUT2D eigenvalue weighted by atomic mass is 10.2. The number of hydrogen-bond donors (Lipinski definition) is 2. The molecule has 0 saturated carbocycles. The minimum atomic E-state index is -3.44. The molecule has 0 spiro atoms. The summed E-state index contributed by atoms with van der Waals surface area (Å²) in [5.41, 5.74) is -0.0217. The van der Waals surface area contributed by atoms with Crippen LogP contribution in [0.2, 0.25) is 0 Å². The smallest absolute Gasteiger partial charge is 0.224 e. The maximum absolute atomic E-state index is 11.7. The molecule has 1 rings (SSSR count). The van der Waals surface area contributed by atoms with E-state index < -0.39 is 21.0 Å². The summed E-state index contributed by atoms with van der Waals surface area (Å²) in [5, 5.41) is 11.3. The van der Waals surface area contributed by atoms with Crippen molar-refractivity contribution in [2.24, 2.45) is 0 Å². The van der Waals surface area contributed by atoms with Crippen LogP contribution in [0, 0.1) is 0 Å². The first-order chi connectivity index (χ1) is 9.26. The van der Waals surface area contributed by atoms with Gasteiger partial charge in [0.25, 0.3) is 0 Å². The number of nitrogens with one attached hydrogen (secondary N) is 1. The molecule has 0 aliphatic rings. The van der Waals surface area contributed by atoms with Gasteiger partial charge >= 0.3 is 0 Å². The second-order valence-electron chi connectivity index (χ2n) is 3.99. The molecule has 20 heavy (non-hydrogen) atoms. The van der Waals surface area contributed by atoms with Gasteiger partial charge in [-0.05, 0) is 29.8 Å². The molecule has 8 heteroatoms. The number of carbonyl (C=O) groups excluding carboxylic acids is 2. The van der Waals surface area contributed by atoms with Gasteiger partial charge in [0.1, 0.15) is 5.75 Å². The molecule has 0 radical (unpaired) electrons. The highest BCUT2D eigenvalue weighted by Gasteiger charge is 2.15. The summed E-state index contributed by atoms with van der Waals surface area (Å²) in [6.45, 7) is 1.49. The van der Waals surface area contributed by atoms with Crippen LogP contribution in [0.25, 0.3) is 0 Å². The lowest BCUT2D eigenvalue weighted by molar-refractivity contribution is -0.119. The molecule has 1 aromatic rings. The van der Waals surface area contributed by atoms with Crippen LogP contribution in [-0.4, -0.2) is 30.4 Å². The summed E-state index contributed by atoms with van der Waals surface area (Å²) in [7, 11) is -3.44. The average Bonchev–Trinajstić information content (AvgIpc) is 2.38. The molecular formula is C12H14ClNO5S. The topological polar surface area (TPSA) is 101 Å². The molecule has 0 fully saturated rings. The minimum absolute atomic E-state index is 0.00141. The lowest BCUT2D eigenvalue weighted by Gasteiger charge is -2.09. The van der Waals surface area contributed by atoms with Crippen LogP contribution < -0.4 is 5.32 Å². The molecule has 1 aromatic carbocycles. The largest absolute Gasteiger partial charge is 0.506 e. The van der Waals surface area contributed by atoms with Crippen LogP contribution in [0.5, 0.6) is 5.75 Å². The van der Waals surface area contributed by atoms with Gasteiger partial charge in [-0.1, -0.05) is 6.92 Å². The van der Waals surface area contributed by atoms with Gasteiger partial charge in [-0.3, -0.25) is 9.59 Å². The molecule has 2 N–H and O–H groups in total. The first kappa shape index (κ1) is 16.5. The first-order valence-electron chi connectivity index (χ1n) is 5.80. The van der Waals surface area contributed by atoms with Crippen molar-refractivity contribution >= 4 is 38.3 Å². The number of carbonyl (C=O) groups is 2. The van der Waals surface area contributed by atoms with Crippen molar-refractivity contribution in [3.05, 3.63) is 18.2 Å². The van der Waals surface area contributed by atoms with E-state index in [4.69, 9.17) is 11.6 Å². The summed E-state index contributed by atoms with van der Waals surface area (Å²) in [6, 6.07) is 3.62. The Morgan fingerprint density at radius 3 is 2.50 bits per heavy atom. The zero-order valence-corrected chi connectivity index (χ0v) is 12.3. The van der Waals surface area contributed by atoms with E-state index in [0.29, 0.717) is 0 Å². The van der Waals surface area contributed by atoms with Crippen LogP contribution in [0.1, 0.15) is 19.8 Å². The van der Waals surface area contributed by atoms with Crippen LogP contribution in [0.4, 0.5) is 5.69 Å². The Hall–Kier alpha value is -1.60. The predicted octanol–water partition coefficient (Wildman–Crippen LogP) is 1.67. The highest BCUT2D eigenvalue weighted by Crippen LogP contribution is 2.27. The van der Waals surface area contributed by atoms with E-state index in [-0.39, 0.29) is 34.9 Å². The van der Waals surface area contributed by atoms with E-state index in [0.717, 1.165) is 0 Å². The first-order valence-corrected chi connectivity index (χ1v) is 7.83. The van der Waals surface area contributed by atoms with Crippen molar-refractivity contribution in [3.63, 3.8) is 0 Å². The standard InChI is InChI=1S/C12H14ClNO5S/c1-2-20(18,19)8-3-4-10(15)9(7-8)14-12(17)6-5-11(13)16/h3-4,7,15H,2,5-6H2,1H3,(H,14,17). The maximum atomic E-state index is 11.7. The normalized spacial score (nSPS) is 11.1. The molecule has 6 nitrogen and oxygen atoms in total. The van der Waals surface area contributed by atoms with E-state index in [2.05, 4.69) is 5.32 Å². The highest BCUT2D eigenvalue weighted by molar-refractivity contribution is 7.91. The zero-order chi connectivity index (χ0) is 15.3. The second-order valence-corrected chi connectivity index (χ2v) is 6.69. The number of benzene rings is 1. The number of halogens is 1. The van der Waals surface area contributed by atoms with Crippen LogP contribution in [-0.2, 0) is 19.4 Å². The molecule has 1 amide bonds. The van der Waals surface area contributed by atoms with E-state index in [1.165, 1.54) is 25.1 Å². The van der Waals surface area contributed by atoms with Gasteiger partial charge in [0, 0.05) is 12.8 Å². The van der Waals surface area contributed by atoms with Crippen molar-refractivity contribution in [1.82, 2.24) is 0 Å². The summed E-state index contributed by atoms with van der Waals surface area (Å²) in [5.74, 6) is -0.891. The fourth-order valence-corrected chi connectivity index (χ4v) is 2.40. The van der Waals surface area contributed by atoms with Crippen molar-refractivity contribution in [2.45, 2.75) is 24.7 Å². The van der Waals surface area contributed by atoms with Gasteiger partial charge in [0.15, 0.2) is 9.84 Å². The van der Waals surface area contributed by atoms with Gasteiger partial charge in [-0.15, -0.1) is 0 Å². The third kappa shape index (κ3) is 4.50. The predicted molar refractivity (Wildman–Crippen MR) is 74.6 cm³/mol. The second kappa shape index (κ2) is 6.71. The summed E-state index contributed by atoms with van der Waals surface area (Å²) in [4.78, 5) is 22.1. The molecule has 0 aliphatic heterocycles. The number of anilines is 1. The van der Waals surface area contributed by atoms with E-state index in [1.807, 2.05) is 0 Å². The molecule has 0 aliphatic carbocycles. The summed E-state index contributed by atoms with van der Waals surface area (Å²) >= 11 is 5.11. The SMILES string of the molecule is CCS(=O)(=O)c1ccc(O)c(NC(=O)CCC(=O)Cl)c1. The quantitative estimate of drug-likeness (QED) is 0.613. The molecule has 0 atom stereocenters. The van der Waals surface area contributed by atoms with Gasteiger partial charge in [-0.2, -0.15) is 0 Å². The molecule has 0 aromatic heterocycles. The Morgan fingerprint density at radius 2 is 1.95 bits per heavy atom. The molecule has 0 saturated heterocycles. The molecular weight excluding hydrogens is 306 g/mol. The number of sulfone groups is 1. The van der Waals surface area contributed by atoms with Crippen molar-refractivity contribution < 1.29 is 23.1 Å². The lowest BCUT2D eigenvalue weighted by Crippen LogP contribution is -2.13. The molecule has 110 valence electrons. The minimum Gasteiger partial charge on any atom is -0.506 e. The van der Waals surface area contributed by atoms with Crippen molar-refractivity contribution in [3.8, 4) is 5.75 Å². The summed E-state index contributed by atoms with van der Waals surface area (Å²) < 4.78 is 23.4. The molecule has 0 heterocycles. The number of phenolic OH excluding ortho intramolecular Hbond substituents is 1. The monoisotopic (exact) mass is 319 g/mol. The van der Waals surface area contributed by atoms with E-state index >= 15 is 0 Å². The fourth-order valence-electron chi connectivity index (χ4n) is 1.40. The average molecular weight is 320 g/mol. The fraction of sp³-hybridized carbons (Fsp3) is 0.333. The molecule has 0 bridgehead atoms. The number of rotatable bonds is 6. The Morgan fingerprint density at radius 1 is 1.30 bits per heavy atom. The zero-order valence-electron chi connectivity index (χ0n) is 10.7. The van der Waals surface area contributed by atoms with Gasteiger partial charge in [0.2, 0.25) is 11.1 Å². The number of amides is 1. The van der Waals surface area contributed by atoms with E-state index in [1.54, 1.807) is 0 Å². The van der Waals surface area contributed by atoms with Crippen LogP contribution in [0.15, 0.2) is 23.1 Å². The van der Waals surface area contributed by atoms with Crippen LogP contribution in [0.3, 0.4) is 0 Å². The van der Waals surface area contributed by atoms with Crippen LogP contribution >= 0.6 is 11.6 Å². The van der Waals surface area contributed by atoms with Gasteiger partial charge in [-0.25, -0.2) is 8.42 Å². The Balaban J connectivity index is 2.93. The Kier molecular flexibility index (Phi) is 5.52. The van der Waals surface area contributed by atoms with Gasteiger partial charge in [0.05, 0.1) is 16.3 Å². The number of aromatic hydroxyl groups is 1. The van der Waals surface area contributed by atoms with Gasteiger partial charge < -0.3 is 10.4 Å². The third-order valence-corrected chi connectivity index (χ3v) is 4.45. The number of hydrogen-bond acceptors (Lipinski definition) is 5. The maximum Gasteiger partial charge on any atom is 0.224 e. The Labute approximate surface area is 121 Å². The van der Waals surface area contributed by atoms with Crippen molar-refractivity contribution in [1.29, 1.82) is 0 Å².